The van der Waals surface area contributed by atoms with Crippen molar-refractivity contribution < 1.29 is 35.9 Å². The highest BCUT2D eigenvalue weighted by molar-refractivity contribution is 7.92. The number of nitrogens with zero attached hydrogens (tertiary/aromatic N) is 3. The zero-order valence-corrected chi connectivity index (χ0v) is 25.4. The van der Waals surface area contributed by atoms with Crippen molar-refractivity contribution >= 4 is 38.5 Å². The first-order chi connectivity index (χ1) is 21.0. The van der Waals surface area contributed by atoms with E-state index in [1.165, 1.54) is 36.7 Å². The quantitative estimate of drug-likeness (QED) is 0.187. The molecular weight excluding hydrogens is 617 g/mol. The van der Waals surface area contributed by atoms with E-state index < -0.39 is 27.7 Å². The number of nitrogens with one attached hydrogen (secondary N) is 1. The zero-order valence-electron chi connectivity index (χ0n) is 23.7. The van der Waals surface area contributed by atoms with Crippen LogP contribution < -0.4 is 14.8 Å². The van der Waals surface area contributed by atoms with Gasteiger partial charge in [0.2, 0.25) is 21.1 Å². The van der Waals surface area contributed by atoms with Crippen LogP contribution in [0.1, 0.15) is 23.1 Å². The van der Waals surface area contributed by atoms with E-state index >= 15 is 0 Å². The summed E-state index contributed by atoms with van der Waals surface area (Å²) < 4.78 is 77.1. The molecule has 0 saturated carbocycles. The standard InChI is InChI=1S/C30H29F3N4O5S2/c1-41-25-13-8-22(20-26(25)42-2)14-17-37(44(39,40)19-16-21-6-4-3-5-7-21)18-15-27(38)34-29-36-35-28(43-29)23-9-11-24(12-10-23)30(31,32)33/h3-13,16,19-20H,14-15,17-18H2,1-2H3,(H,34,36,38)/b19-16+. The van der Waals surface area contributed by atoms with Crippen molar-refractivity contribution in [2.75, 3.05) is 32.6 Å². The Hall–Kier alpha value is -4.27. The minimum atomic E-state index is -4.46. The summed E-state index contributed by atoms with van der Waals surface area (Å²) in [5.41, 5.74) is 1.13. The van der Waals surface area contributed by atoms with Gasteiger partial charge >= 0.3 is 6.18 Å². The predicted octanol–water partition coefficient (Wildman–Crippen LogP) is 6.12. The molecule has 0 aliphatic heterocycles. The van der Waals surface area contributed by atoms with Gasteiger partial charge in [0.1, 0.15) is 5.01 Å². The third-order valence-corrected chi connectivity index (χ3v) is 8.86. The number of amides is 1. The van der Waals surface area contributed by atoms with Gasteiger partial charge < -0.3 is 14.8 Å². The van der Waals surface area contributed by atoms with Crippen LogP contribution in [0.3, 0.4) is 0 Å². The lowest BCUT2D eigenvalue weighted by Gasteiger charge is -2.20. The number of aromatic nitrogens is 2. The molecule has 0 aliphatic carbocycles. The smallest absolute Gasteiger partial charge is 0.416 e. The number of methoxy groups -OCH3 is 2. The van der Waals surface area contributed by atoms with Crippen LogP contribution in [0.25, 0.3) is 16.6 Å². The third-order valence-electron chi connectivity index (χ3n) is 6.41. The monoisotopic (exact) mass is 646 g/mol. The van der Waals surface area contributed by atoms with E-state index in [1.807, 2.05) is 12.1 Å². The second-order valence-electron chi connectivity index (χ2n) is 9.38. The Labute approximate surface area is 257 Å². The Balaban J connectivity index is 1.44. The SMILES string of the molecule is COc1ccc(CCN(CCC(=O)Nc2nnc(-c3ccc(C(F)(F)F)cc3)s2)S(=O)(=O)/C=C/c2ccccc2)cc1OC. The van der Waals surface area contributed by atoms with Crippen LogP contribution >= 0.6 is 11.3 Å². The minimum Gasteiger partial charge on any atom is -0.493 e. The summed E-state index contributed by atoms with van der Waals surface area (Å²) in [6.45, 7) is -0.0355. The van der Waals surface area contributed by atoms with Gasteiger partial charge in [-0.1, -0.05) is 59.9 Å². The number of anilines is 1. The molecule has 232 valence electrons. The van der Waals surface area contributed by atoms with E-state index in [4.69, 9.17) is 9.47 Å². The van der Waals surface area contributed by atoms with E-state index in [0.29, 0.717) is 34.1 Å². The van der Waals surface area contributed by atoms with Gasteiger partial charge in [0.05, 0.1) is 19.8 Å². The first-order valence-corrected chi connectivity index (χ1v) is 15.6. The number of sulfonamides is 1. The van der Waals surface area contributed by atoms with Gasteiger partial charge in [0.15, 0.2) is 11.5 Å². The molecule has 4 aromatic rings. The van der Waals surface area contributed by atoms with Gasteiger partial charge in [0, 0.05) is 30.5 Å². The minimum absolute atomic E-state index is 0.0844. The van der Waals surface area contributed by atoms with Crippen molar-refractivity contribution in [1.29, 1.82) is 0 Å². The first kappa shape index (κ1) is 32.6. The summed E-state index contributed by atoms with van der Waals surface area (Å²) >= 11 is 0.987. The topological polar surface area (TPSA) is 111 Å². The molecular formula is C30H29F3N4O5S2. The molecule has 0 aliphatic rings. The maximum Gasteiger partial charge on any atom is 0.416 e. The van der Waals surface area contributed by atoms with E-state index in [2.05, 4.69) is 15.5 Å². The Morgan fingerprint density at radius 1 is 0.955 bits per heavy atom. The average molecular weight is 647 g/mol. The molecule has 1 heterocycles. The molecule has 44 heavy (non-hydrogen) atoms. The molecule has 4 rings (SSSR count). The summed E-state index contributed by atoms with van der Waals surface area (Å²) in [6.07, 6.45) is -2.81. The normalized spacial score (nSPS) is 12.0. The second-order valence-corrected chi connectivity index (χ2v) is 12.2. The second kappa shape index (κ2) is 14.5. The van der Waals surface area contributed by atoms with Gasteiger partial charge in [-0.25, -0.2) is 8.42 Å². The fourth-order valence-corrected chi connectivity index (χ4v) is 6.03. The first-order valence-electron chi connectivity index (χ1n) is 13.2. The maximum atomic E-state index is 13.3. The molecule has 0 radical (unpaired) electrons. The number of benzene rings is 3. The number of carbonyl (C=O) groups is 1. The highest BCUT2D eigenvalue weighted by Gasteiger charge is 2.30. The van der Waals surface area contributed by atoms with Gasteiger partial charge in [-0.2, -0.15) is 17.5 Å². The lowest BCUT2D eigenvalue weighted by molar-refractivity contribution is -0.137. The molecule has 1 N–H and O–H groups in total. The molecule has 14 heteroatoms. The van der Waals surface area contributed by atoms with Crippen LogP contribution in [0.2, 0.25) is 0 Å². The van der Waals surface area contributed by atoms with Crippen molar-refractivity contribution in [3.63, 3.8) is 0 Å². The Bertz CT molecular complexity index is 1690. The van der Waals surface area contributed by atoms with E-state index in [1.54, 1.807) is 36.4 Å². The van der Waals surface area contributed by atoms with Crippen molar-refractivity contribution in [2.24, 2.45) is 0 Å². The fourth-order valence-electron chi connectivity index (χ4n) is 4.07. The number of hydrogen-bond acceptors (Lipinski definition) is 8. The van der Waals surface area contributed by atoms with Gasteiger partial charge in [0.25, 0.3) is 0 Å². The molecule has 9 nitrogen and oxygen atoms in total. The summed E-state index contributed by atoms with van der Waals surface area (Å²) in [6, 6.07) is 18.7. The summed E-state index contributed by atoms with van der Waals surface area (Å²) in [7, 11) is -0.892. The van der Waals surface area contributed by atoms with Crippen molar-refractivity contribution in [2.45, 2.75) is 19.0 Å². The molecule has 3 aromatic carbocycles. The van der Waals surface area contributed by atoms with Crippen molar-refractivity contribution in [1.82, 2.24) is 14.5 Å². The van der Waals surface area contributed by atoms with Crippen LogP contribution in [-0.4, -0.2) is 56.1 Å². The summed E-state index contributed by atoms with van der Waals surface area (Å²) in [4.78, 5) is 12.8. The number of rotatable bonds is 13. The number of ether oxygens (including phenoxy) is 2. The van der Waals surface area contributed by atoms with Crippen molar-refractivity contribution in [3.05, 3.63) is 94.9 Å². The van der Waals surface area contributed by atoms with Crippen LogP contribution in [-0.2, 0) is 27.4 Å². The number of alkyl halides is 3. The molecule has 0 unspecified atom stereocenters. The van der Waals surface area contributed by atoms with Crippen LogP contribution in [0.5, 0.6) is 11.5 Å². The van der Waals surface area contributed by atoms with E-state index in [-0.39, 0.29) is 24.6 Å². The molecule has 0 saturated heterocycles. The largest absolute Gasteiger partial charge is 0.493 e. The number of halogens is 3. The van der Waals surface area contributed by atoms with Crippen molar-refractivity contribution in [3.8, 4) is 22.1 Å². The van der Waals surface area contributed by atoms with Crippen LogP contribution in [0.4, 0.5) is 18.3 Å². The Morgan fingerprint density at radius 2 is 1.66 bits per heavy atom. The molecule has 0 fully saturated rings. The van der Waals surface area contributed by atoms with Crippen LogP contribution in [0.15, 0.2) is 78.2 Å². The lowest BCUT2D eigenvalue weighted by Crippen LogP contribution is -2.34. The predicted molar refractivity (Wildman–Crippen MR) is 163 cm³/mol. The molecule has 1 amide bonds. The Morgan fingerprint density at radius 3 is 2.32 bits per heavy atom. The molecule has 1 aromatic heterocycles. The Kier molecular flexibility index (Phi) is 10.7. The molecule has 0 bridgehead atoms. The number of hydrogen-bond donors (Lipinski definition) is 1. The summed E-state index contributed by atoms with van der Waals surface area (Å²) in [5, 5.41) is 12.0. The zero-order chi connectivity index (χ0) is 31.7. The van der Waals surface area contributed by atoms with Gasteiger partial charge in [-0.05, 0) is 47.9 Å². The van der Waals surface area contributed by atoms with E-state index in [9.17, 15) is 26.4 Å². The van der Waals surface area contributed by atoms with Gasteiger partial charge in [-0.15, -0.1) is 10.2 Å². The fraction of sp³-hybridized carbons (Fsp3) is 0.233. The average Bonchev–Trinajstić information content (AvgIpc) is 3.48. The van der Waals surface area contributed by atoms with E-state index in [0.717, 1.165) is 34.4 Å². The van der Waals surface area contributed by atoms with Gasteiger partial charge in [-0.3, -0.25) is 4.79 Å². The molecule has 0 spiro atoms. The highest BCUT2D eigenvalue weighted by atomic mass is 32.2. The third kappa shape index (κ3) is 8.88. The highest BCUT2D eigenvalue weighted by Crippen LogP contribution is 2.32. The number of carbonyl (C=O) groups excluding carboxylic acids is 1. The van der Waals surface area contributed by atoms with Crippen LogP contribution in [0, 0.1) is 0 Å². The molecule has 0 atom stereocenters. The lowest BCUT2D eigenvalue weighted by atomic mass is 10.1. The summed E-state index contributed by atoms with van der Waals surface area (Å²) in [5.74, 6) is 0.551. The maximum absolute atomic E-state index is 13.3.